The van der Waals surface area contributed by atoms with Gasteiger partial charge in [-0.2, -0.15) is 26.3 Å². The molecule has 49 heavy (non-hydrogen) atoms. The van der Waals surface area contributed by atoms with Crippen LogP contribution in [0.15, 0.2) is 30.3 Å². The summed E-state index contributed by atoms with van der Waals surface area (Å²) in [5.41, 5.74) is -3.12. The van der Waals surface area contributed by atoms with E-state index in [0.717, 1.165) is 12.0 Å². The molecule has 0 aliphatic carbocycles. The third-order valence-electron chi connectivity index (χ3n) is 8.32. The van der Waals surface area contributed by atoms with Crippen molar-refractivity contribution in [2.45, 2.75) is 58.2 Å². The maximum atomic E-state index is 14.0. The molecule has 2 atom stereocenters. The molecule has 17 heteroatoms. The summed E-state index contributed by atoms with van der Waals surface area (Å²) < 4.78 is 103. The number of carbonyl (C=O) groups is 3. The molecular formula is C32H38F6N4O7. The number of hydrazine groups is 1. The van der Waals surface area contributed by atoms with E-state index in [1.165, 1.54) is 29.2 Å². The minimum atomic E-state index is -5.11. The van der Waals surface area contributed by atoms with E-state index < -0.39 is 65.8 Å². The van der Waals surface area contributed by atoms with E-state index in [1.807, 2.05) is 5.01 Å². The zero-order chi connectivity index (χ0) is 36.3. The molecule has 2 unspecified atom stereocenters. The van der Waals surface area contributed by atoms with Crippen molar-refractivity contribution in [3.8, 4) is 5.75 Å². The molecule has 2 aromatic carbocycles. The minimum absolute atomic E-state index is 0.00109. The highest BCUT2D eigenvalue weighted by Gasteiger charge is 2.42. The average Bonchev–Trinajstić information content (AvgIpc) is 3.05. The van der Waals surface area contributed by atoms with E-state index in [-0.39, 0.29) is 48.2 Å². The Labute approximate surface area is 279 Å². The average molecular weight is 705 g/mol. The number of halogens is 6. The standard InChI is InChI=1S/C32H38F6N4O7/c1-6-41(39-8-10-48-11-9-39)28(43)24-16-26-23(17-27(24)46-4)25(12-19(3)42(26)30(45)49-7-2)40(29(44)47-5)18-20-13-21(31(33,34)35)15-22(14-20)32(36,37)38/h13-17,19,25H,6-12,18H2,1-5H3. The maximum Gasteiger partial charge on any atom is 0.416 e. The van der Waals surface area contributed by atoms with Gasteiger partial charge < -0.3 is 18.9 Å². The number of morpholine rings is 1. The number of alkyl halides is 6. The Hall–Kier alpha value is -4.25. The van der Waals surface area contributed by atoms with Gasteiger partial charge in [0.1, 0.15) is 5.75 Å². The highest BCUT2D eigenvalue weighted by Crippen LogP contribution is 2.45. The van der Waals surface area contributed by atoms with Gasteiger partial charge in [-0.05, 0) is 63.1 Å². The second kappa shape index (κ2) is 15.1. The highest BCUT2D eigenvalue weighted by molar-refractivity contribution is 6.00. The fraction of sp³-hybridized carbons (Fsp3) is 0.531. The summed E-state index contributed by atoms with van der Waals surface area (Å²) in [7, 11) is 2.33. The third kappa shape index (κ3) is 8.15. The van der Waals surface area contributed by atoms with Crippen LogP contribution < -0.4 is 9.64 Å². The van der Waals surface area contributed by atoms with Crippen LogP contribution in [-0.2, 0) is 33.1 Å². The molecule has 0 spiro atoms. The lowest BCUT2D eigenvalue weighted by Crippen LogP contribution is -2.51. The van der Waals surface area contributed by atoms with Crippen molar-refractivity contribution < 1.29 is 59.7 Å². The van der Waals surface area contributed by atoms with E-state index in [4.69, 9.17) is 18.9 Å². The Bertz CT molecular complexity index is 1500. The first kappa shape index (κ1) is 37.6. The van der Waals surface area contributed by atoms with E-state index in [0.29, 0.717) is 38.4 Å². The molecule has 2 aromatic rings. The summed E-state index contributed by atoms with van der Waals surface area (Å²) in [4.78, 5) is 42.9. The lowest BCUT2D eigenvalue weighted by Gasteiger charge is -2.43. The molecule has 2 aliphatic rings. The topological polar surface area (TPSA) is 101 Å². The summed E-state index contributed by atoms with van der Waals surface area (Å²) in [5.74, 6) is -0.404. The minimum Gasteiger partial charge on any atom is -0.496 e. The van der Waals surface area contributed by atoms with Gasteiger partial charge in [0.25, 0.3) is 5.91 Å². The molecule has 4 rings (SSSR count). The number of hydrogen-bond acceptors (Lipinski definition) is 8. The van der Waals surface area contributed by atoms with Crippen LogP contribution in [0.5, 0.6) is 5.75 Å². The van der Waals surface area contributed by atoms with Gasteiger partial charge in [-0.1, -0.05) is 0 Å². The van der Waals surface area contributed by atoms with Crippen molar-refractivity contribution in [1.29, 1.82) is 0 Å². The first-order chi connectivity index (χ1) is 23.0. The summed E-state index contributed by atoms with van der Waals surface area (Å²) in [6.07, 6.45) is -12.1. The molecule has 0 bridgehead atoms. The van der Waals surface area contributed by atoms with Crippen LogP contribution in [0.25, 0.3) is 0 Å². The van der Waals surface area contributed by atoms with Gasteiger partial charge in [-0.15, -0.1) is 0 Å². The molecule has 11 nitrogen and oxygen atoms in total. The summed E-state index contributed by atoms with van der Waals surface area (Å²) in [6.45, 7) is 6.28. The largest absolute Gasteiger partial charge is 0.496 e. The Morgan fingerprint density at radius 1 is 0.939 bits per heavy atom. The predicted octanol–water partition coefficient (Wildman–Crippen LogP) is 6.51. The van der Waals surface area contributed by atoms with Gasteiger partial charge in [-0.25, -0.2) is 14.6 Å². The lowest BCUT2D eigenvalue weighted by molar-refractivity contribution is -0.143. The number of amides is 3. The lowest BCUT2D eigenvalue weighted by atomic mass is 9.88. The first-order valence-electron chi connectivity index (χ1n) is 15.5. The van der Waals surface area contributed by atoms with Crippen LogP contribution in [0.4, 0.5) is 41.6 Å². The van der Waals surface area contributed by atoms with Crippen molar-refractivity contribution >= 4 is 23.8 Å². The van der Waals surface area contributed by atoms with E-state index >= 15 is 0 Å². The number of rotatable bonds is 8. The maximum absolute atomic E-state index is 14.0. The number of benzene rings is 2. The molecule has 2 aliphatic heterocycles. The number of fused-ring (bicyclic) bond motifs is 1. The van der Waals surface area contributed by atoms with Gasteiger partial charge in [-0.3, -0.25) is 19.6 Å². The number of methoxy groups -OCH3 is 2. The Balaban J connectivity index is 1.89. The van der Waals surface area contributed by atoms with Crippen molar-refractivity contribution in [2.75, 3.05) is 58.6 Å². The van der Waals surface area contributed by atoms with E-state index in [1.54, 1.807) is 20.8 Å². The third-order valence-corrected chi connectivity index (χ3v) is 8.32. The van der Waals surface area contributed by atoms with Gasteiger partial charge in [0.15, 0.2) is 0 Å². The number of hydrogen-bond donors (Lipinski definition) is 0. The predicted molar refractivity (Wildman–Crippen MR) is 163 cm³/mol. The summed E-state index contributed by atoms with van der Waals surface area (Å²) >= 11 is 0. The van der Waals surface area contributed by atoms with Gasteiger partial charge in [0.05, 0.1) is 62.5 Å². The molecule has 0 aromatic heterocycles. The Kier molecular flexibility index (Phi) is 11.6. The second-order valence-electron chi connectivity index (χ2n) is 11.4. The van der Waals surface area contributed by atoms with Gasteiger partial charge in [0.2, 0.25) is 0 Å². The molecular weight excluding hydrogens is 666 g/mol. The molecule has 1 fully saturated rings. The number of anilines is 1. The van der Waals surface area contributed by atoms with Crippen LogP contribution in [0.3, 0.4) is 0 Å². The molecule has 0 saturated carbocycles. The van der Waals surface area contributed by atoms with Crippen molar-refractivity contribution in [3.05, 3.63) is 58.1 Å². The molecule has 0 N–H and O–H groups in total. The Morgan fingerprint density at radius 2 is 1.55 bits per heavy atom. The van der Waals surface area contributed by atoms with Gasteiger partial charge in [0, 0.05) is 37.8 Å². The van der Waals surface area contributed by atoms with Crippen molar-refractivity contribution in [2.24, 2.45) is 0 Å². The Morgan fingerprint density at radius 3 is 2.06 bits per heavy atom. The number of carbonyl (C=O) groups excluding carboxylic acids is 3. The zero-order valence-electron chi connectivity index (χ0n) is 27.6. The van der Waals surface area contributed by atoms with Gasteiger partial charge >= 0.3 is 24.5 Å². The number of nitrogens with zero attached hydrogens (tertiary/aromatic N) is 4. The van der Waals surface area contributed by atoms with Crippen molar-refractivity contribution in [1.82, 2.24) is 14.9 Å². The SMILES string of the molecule is CCOC(=O)N1c2cc(C(=O)N(CC)N3CCOCC3)c(OC)cc2C(N(Cc2cc(C(F)(F)F)cc(C(F)(F)F)c2)C(=O)OC)CC1C. The van der Waals surface area contributed by atoms with Crippen LogP contribution in [0.1, 0.15) is 65.8 Å². The van der Waals surface area contributed by atoms with Crippen molar-refractivity contribution in [3.63, 3.8) is 0 Å². The molecule has 0 radical (unpaired) electrons. The molecule has 270 valence electrons. The van der Waals surface area contributed by atoms with Crippen LogP contribution >= 0.6 is 0 Å². The summed E-state index contributed by atoms with van der Waals surface area (Å²) in [5, 5.41) is 3.33. The quantitative estimate of drug-likeness (QED) is 0.287. The van der Waals surface area contributed by atoms with Crippen LogP contribution in [-0.4, -0.2) is 92.7 Å². The fourth-order valence-corrected chi connectivity index (χ4v) is 6.09. The molecule has 1 saturated heterocycles. The fourth-order valence-electron chi connectivity index (χ4n) is 6.09. The van der Waals surface area contributed by atoms with Crippen LogP contribution in [0.2, 0.25) is 0 Å². The first-order valence-corrected chi connectivity index (χ1v) is 15.5. The highest BCUT2D eigenvalue weighted by atomic mass is 19.4. The smallest absolute Gasteiger partial charge is 0.416 e. The molecule has 2 heterocycles. The van der Waals surface area contributed by atoms with E-state index in [9.17, 15) is 40.7 Å². The molecule has 3 amide bonds. The van der Waals surface area contributed by atoms with E-state index in [2.05, 4.69) is 0 Å². The summed E-state index contributed by atoms with van der Waals surface area (Å²) in [6, 6.07) is 2.14. The zero-order valence-corrected chi connectivity index (χ0v) is 27.6. The van der Waals surface area contributed by atoms with Crippen LogP contribution in [0, 0.1) is 0 Å². The number of ether oxygens (including phenoxy) is 4. The second-order valence-corrected chi connectivity index (χ2v) is 11.4. The monoisotopic (exact) mass is 704 g/mol. The normalized spacial score (nSPS) is 18.4.